The molecule has 0 aliphatic heterocycles. The highest BCUT2D eigenvalue weighted by molar-refractivity contribution is 5.56. The van der Waals surface area contributed by atoms with Crippen LogP contribution < -0.4 is 4.74 Å². The number of hydrogen-bond acceptors (Lipinski definition) is 3. The summed E-state index contributed by atoms with van der Waals surface area (Å²) in [6.45, 7) is 4.65. The van der Waals surface area contributed by atoms with Gasteiger partial charge in [0.05, 0.1) is 12.0 Å². The molecule has 4 nitrogen and oxygen atoms in total. The minimum absolute atomic E-state index is 0.173. The van der Waals surface area contributed by atoms with Crippen molar-refractivity contribution in [3.63, 3.8) is 0 Å². The third-order valence-corrected chi connectivity index (χ3v) is 2.52. The van der Waals surface area contributed by atoms with Crippen molar-refractivity contribution in [1.29, 1.82) is 0 Å². The number of ether oxygens (including phenoxy) is 1. The Morgan fingerprint density at radius 2 is 1.73 bits per heavy atom. The molecule has 0 N–H and O–H groups in total. The van der Waals surface area contributed by atoms with Gasteiger partial charge in [-0.3, -0.25) is 10.1 Å². The van der Waals surface area contributed by atoms with Crippen molar-refractivity contribution in [2.75, 3.05) is 7.11 Å². The molecule has 5 heteroatoms. The summed E-state index contributed by atoms with van der Waals surface area (Å²) in [6.07, 6.45) is 0. The molecule has 0 radical (unpaired) electrons. The highest BCUT2D eigenvalue weighted by atomic mass is 19.1. The maximum Gasteiger partial charge on any atom is 0.308 e. The predicted octanol–water partition coefficient (Wildman–Crippen LogP) is 2.67. The minimum atomic E-state index is -0.819. The molecule has 0 atom stereocenters. The maximum absolute atomic E-state index is 13.6. The summed E-state index contributed by atoms with van der Waals surface area (Å²) in [5.41, 5.74) is 0.612. The van der Waals surface area contributed by atoms with Crippen LogP contribution in [-0.4, -0.2) is 12.0 Å². The number of hydrogen-bond donors (Lipinski definition) is 0. The molecule has 0 aromatic heterocycles. The number of nitro groups is 1. The van der Waals surface area contributed by atoms with Crippen molar-refractivity contribution in [2.24, 2.45) is 0 Å². The fraction of sp³-hybridized carbons (Fsp3) is 0.400. The standard InChI is InChI=1S/C10H12FNO3/c1-5-6(2)10(15-4)7(3)8(11)9(5)12(13)14/h1-4H3. The summed E-state index contributed by atoms with van der Waals surface area (Å²) in [6, 6.07) is 0. The Hall–Kier alpha value is -1.65. The minimum Gasteiger partial charge on any atom is -0.496 e. The number of nitrogens with zero attached hydrogens (tertiary/aromatic N) is 1. The van der Waals surface area contributed by atoms with Crippen LogP contribution in [0.2, 0.25) is 0 Å². The second-order valence-corrected chi connectivity index (χ2v) is 3.33. The number of rotatable bonds is 2. The van der Waals surface area contributed by atoms with Gasteiger partial charge < -0.3 is 4.74 Å². The van der Waals surface area contributed by atoms with Crippen LogP contribution in [0.1, 0.15) is 16.7 Å². The molecule has 0 saturated heterocycles. The number of methoxy groups -OCH3 is 1. The molecule has 0 bridgehead atoms. The van der Waals surface area contributed by atoms with E-state index >= 15 is 0 Å². The molecule has 0 aliphatic carbocycles. The molecule has 0 spiro atoms. The topological polar surface area (TPSA) is 52.4 Å². The van der Waals surface area contributed by atoms with Gasteiger partial charge in [-0.15, -0.1) is 0 Å². The zero-order valence-corrected chi connectivity index (χ0v) is 9.05. The van der Waals surface area contributed by atoms with Gasteiger partial charge in [-0.25, -0.2) is 0 Å². The van der Waals surface area contributed by atoms with Gasteiger partial charge in [-0.1, -0.05) is 0 Å². The first-order valence-corrected chi connectivity index (χ1v) is 4.39. The summed E-state index contributed by atoms with van der Waals surface area (Å²) >= 11 is 0. The Morgan fingerprint density at radius 3 is 2.13 bits per heavy atom. The SMILES string of the molecule is COc1c(C)c(C)c([N+](=O)[O-])c(F)c1C. The molecule has 0 aliphatic rings. The van der Waals surface area contributed by atoms with Gasteiger partial charge in [0.2, 0.25) is 5.82 Å². The maximum atomic E-state index is 13.6. The molecule has 0 fully saturated rings. The first-order chi connectivity index (χ1) is 6.91. The zero-order chi connectivity index (χ0) is 11.7. The van der Waals surface area contributed by atoms with Gasteiger partial charge in [-0.2, -0.15) is 4.39 Å². The second-order valence-electron chi connectivity index (χ2n) is 3.33. The van der Waals surface area contributed by atoms with E-state index in [1.54, 1.807) is 6.92 Å². The molecule has 1 aromatic rings. The molecule has 0 amide bonds. The van der Waals surface area contributed by atoms with Gasteiger partial charge in [0, 0.05) is 16.7 Å². The van der Waals surface area contributed by atoms with Crippen LogP contribution in [0.15, 0.2) is 0 Å². The van der Waals surface area contributed by atoms with E-state index in [4.69, 9.17) is 4.74 Å². The molecule has 0 saturated carbocycles. The first-order valence-electron chi connectivity index (χ1n) is 4.39. The molecule has 82 valence electrons. The van der Waals surface area contributed by atoms with Crippen molar-refractivity contribution >= 4 is 5.69 Å². The van der Waals surface area contributed by atoms with E-state index in [0.29, 0.717) is 16.9 Å². The lowest BCUT2D eigenvalue weighted by Gasteiger charge is -2.12. The van der Waals surface area contributed by atoms with E-state index < -0.39 is 16.4 Å². The van der Waals surface area contributed by atoms with Crippen LogP contribution in [0.4, 0.5) is 10.1 Å². The summed E-state index contributed by atoms with van der Waals surface area (Å²) in [7, 11) is 1.42. The number of halogens is 1. The van der Waals surface area contributed by atoms with Gasteiger partial charge in [0.25, 0.3) is 0 Å². The lowest BCUT2D eigenvalue weighted by molar-refractivity contribution is -0.388. The molecule has 1 rings (SSSR count). The fourth-order valence-corrected chi connectivity index (χ4v) is 1.59. The summed E-state index contributed by atoms with van der Waals surface area (Å²) < 4.78 is 18.6. The Kier molecular flexibility index (Phi) is 2.93. The van der Waals surface area contributed by atoms with Crippen LogP contribution >= 0.6 is 0 Å². The Balaban J connectivity index is 3.66. The van der Waals surface area contributed by atoms with Gasteiger partial charge >= 0.3 is 5.69 Å². The van der Waals surface area contributed by atoms with E-state index in [-0.39, 0.29) is 5.56 Å². The quantitative estimate of drug-likeness (QED) is 0.560. The van der Waals surface area contributed by atoms with Crippen molar-refractivity contribution in [2.45, 2.75) is 20.8 Å². The number of benzene rings is 1. The van der Waals surface area contributed by atoms with Crippen molar-refractivity contribution < 1.29 is 14.1 Å². The van der Waals surface area contributed by atoms with Gasteiger partial charge in [-0.05, 0) is 20.8 Å². The van der Waals surface area contributed by atoms with E-state index in [1.165, 1.54) is 21.0 Å². The fourth-order valence-electron chi connectivity index (χ4n) is 1.59. The third kappa shape index (κ3) is 1.65. The van der Waals surface area contributed by atoms with E-state index in [2.05, 4.69) is 0 Å². The van der Waals surface area contributed by atoms with Gasteiger partial charge in [0.15, 0.2) is 0 Å². The van der Waals surface area contributed by atoms with E-state index in [0.717, 1.165) is 0 Å². The average Bonchev–Trinajstić information content (AvgIpc) is 2.16. The summed E-state index contributed by atoms with van der Waals surface area (Å²) in [4.78, 5) is 9.97. The Labute approximate surface area is 86.8 Å². The van der Waals surface area contributed by atoms with Crippen molar-refractivity contribution in [3.8, 4) is 5.75 Å². The second kappa shape index (κ2) is 3.84. The van der Waals surface area contributed by atoms with Crippen LogP contribution in [0.3, 0.4) is 0 Å². The summed E-state index contributed by atoms with van der Waals surface area (Å²) in [5, 5.41) is 10.7. The van der Waals surface area contributed by atoms with E-state index in [1.807, 2.05) is 0 Å². The van der Waals surface area contributed by atoms with Gasteiger partial charge in [0.1, 0.15) is 5.75 Å². The third-order valence-electron chi connectivity index (χ3n) is 2.52. The number of nitro benzene ring substituents is 1. The molecule has 15 heavy (non-hydrogen) atoms. The smallest absolute Gasteiger partial charge is 0.308 e. The van der Waals surface area contributed by atoms with E-state index in [9.17, 15) is 14.5 Å². The predicted molar refractivity (Wildman–Crippen MR) is 53.8 cm³/mol. The largest absolute Gasteiger partial charge is 0.496 e. The molecular weight excluding hydrogens is 201 g/mol. The summed E-state index contributed by atoms with van der Waals surface area (Å²) in [5.74, 6) is -0.449. The highest BCUT2D eigenvalue weighted by Crippen LogP contribution is 2.35. The zero-order valence-electron chi connectivity index (χ0n) is 9.05. The van der Waals surface area contributed by atoms with Crippen molar-refractivity contribution in [1.82, 2.24) is 0 Å². The lowest BCUT2D eigenvalue weighted by atomic mass is 10.0. The molecule has 0 unspecified atom stereocenters. The average molecular weight is 213 g/mol. The molecule has 0 heterocycles. The highest BCUT2D eigenvalue weighted by Gasteiger charge is 2.25. The van der Waals surface area contributed by atoms with Crippen LogP contribution in [0, 0.1) is 36.7 Å². The van der Waals surface area contributed by atoms with Crippen LogP contribution in [0.5, 0.6) is 5.75 Å². The van der Waals surface area contributed by atoms with Crippen LogP contribution in [0.25, 0.3) is 0 Å². The molecular formula is C10H12FNO3. The Morgan fingerprint density at radius 1 is 1.20 bits per heavy atom. The Bertz CT molecular complexity index is 400. The lowest BCUT2D eigenvalue weighted by Crippen LogP contribution is -2.03. The van der Waals surface area contributed by atoms with Crippen molar-refractivity contribution in [3.05, 3.63) is 32.6 Å². The first kappa shape index (κ1) is 11.4. The normalized spacial score (nSPS) is 10.2. The monoisotopic (exact) mass is 213 g/mol. The molecule has 1 aromatic carbocycles. The van der Waals surface area contributed by atoms with Crippen LogP contribution in [-0.2, 0) is 0 Å².